The molecule has 3 aromatic rings. The zero-order valence-electron chi connectivity index (χ0n) is 19.2. The van der Waals surface area contributed by atoms with E-state index < -0.39 is 0 Å². The third kappa shape index (κ3) is 4.00. The van der Waals surface area contributed by atoms with Gasteiger partial charge in [-0.05, 0) is 50.3 Å². The average molecular weight is 450 g/mol. The Morgan fingerprint density at radius 2 is 2.00 bits per heavy atom. The number of benzene rings is 2. The maximum absolute atomic E-state index is 12.5. The minimum atomic E-state index is -0.331. The lowest BCUT2D eigenvalue weighted by molar-refractivity contribution is -0.0386. The van der Waals surface area contributed by atoms with Crippen molar-refractivity contribution in [1.29, 1.82) is 0 Å². The molecule has 3 atom stereocenters. The highest BCUT2D eigenvalue weighted by atomic mass is 16.5. The van der Waals surface area contributed by atoms with Gasteiger partial charge in [-0.1, -0.05) is 30.3 Å². The van der Waals surface area contributed by atoms with E-state index in [1.165, 1.54) is 12.7 Å². The maximum atomic E-state index is 12.5. The molecule has 1 amide bonds. The van der Waals surface area contributed by atoms with Gasteiger partial charge in [-0.2, -0.15) is 0 Å². The van der Waals surface area contributed by atoms with Crippen molar-refractivity contribution in [3.63, 3.8) is 0 Å². The van der Waals surface area contributed by atoms with Gasteiger partial charge in [0.2, 0.25) is 0 Å². The summed E-state index contributed by atoms with van der Waals surface area (Å²) in [5.74, 6) is 1.00. The van der Waals surface area contributed by atoms with Gasteiger partial charge in [0, 0.05) is 18.0 Å². The number of amides is 1. The highest BCUT2D eigenvalue weighted by molar-refractivity contribution is 5.95. The van der Waals surface area contributed by atoms with Crippen molar-refractivity contribution in [2.75, 3.05) is 25.2 Å². The van der Waals surface area contributed by atoms with Crippen molar-refractivity contribution in [2.24, 2.45) is 0 Å². The number of aliphatic hydroxyl groups is 1. The number of imidazole rings is 1. The predicted octanol–water partition coefficient (Wildman–Crippen LogP) is 4.25. The summed E-state index contributed by atoms with van der Waals surface area (Å²) < 4.78 is 13.3. The lowest BCUT2D eigenvalue weighted by Crippen LogP contribution is -2.42. The first kappa shape index (κ1) is 21.9. The molecule has 2 aliphatic rings. The molecule has 1 fully saturated rings. The normalized spacial score (nSPS) is 22.9. The number of ether oxygens (including phenoxy) is 2. The van der Waals surface area contributed by atoms with Crippen LogP contribution < -0.4 is 4.90 Å². The van der Waals surface area contributed by atoms with E-state index in [1.54, 1.807) is 4.90 Å². The molecule has 2 aromatic carbocycles. The molecule has 0 bridgehead atoms. The van der Waals surface area contributed by atoms with Crippen LogP contribution in [0.3, 0.4) is 0 Å². The van der Waals surface area contributed by atoms with E-state index in [9.17, 15) is 9.90 Å². The Kier molecular flexibility index (Phi) is 6.08. The molecule has 174 valence electrons. The van der Waals surface area contributed by atoms with Crippen LogP contribution >= 0.6 is 0 Å². The largest absolute Gasteiger partial charge is 0.452 e. The summed E-state index contributed by atoms with van der Waals surface area (Å²) in [7, 11) is 1.43. The summed E-state index contributed by atoms with van der Waals surface area (Å²) in [4.78, 5) is 19.5. The number of hydrogen-bond donors (Lipinski definition) is 1. The molecule has 1 aromatic heterocycles. The summed E-state index contributed by atoms with van der Waals surface area (Å²) in [6, 6.07) is 14.7. The van der Waals surface area contributed by atoms with Gasteiger partial charge in [0.1, 0.15) is 5.82 Å². The summed E-state index contributed by atoms with van der Waals surface area (Å²) in [6.07, 6.45) is 3.80. The lowest BCUT2D eigenvalue weighted by Gasteiger charge is -2.34. The van der Waals surface area contributed by atoms with Gasteiger partial charge in [0.05, 0.1) is 49.2 Å². The summed E-state index contributed by atoms with van der Waals surface area (Å²) in [5.41, 5.74) is 5.24. The highest BCUT2D eigenvalue weighted by Crippen LogP contribution is 2.38. The number of anilines is 1. The third-order valence-electron chi connectivity index (χ3n) is 7.02. The van der Waals surface area contributed by atoms with E-state index >= 15 is 0 Å². The van der Waals surface area contributed by atoms with Gasteiger partial charge < -0.3 is 19.1 Å². The second-order valence-corrected chi connectivity index (χ2v) is 9.09. The topological polar surface area (TPSA) is 76.8 Å². The van der Waals surface area contributed by atoms with Crippen LogP contribution in [0.1, 0.15) is 49.2 Å². The number of carbonyl (C=O) groups is 1. The summed E-state index contributed by atoms with van der Waals surface area (Å²) in [6.45, 7) is 2.67. The number of methoxy groups -OCH3 is 1. The number of aliphatic hydroxyl groups excluding tert-OH is 1. The fourth-order valence-corrected chi connectivity index (χ4v) is 5.27. The number of nitrogens with zero attached hydrogens (tertiary/aromatic N) is 3. The number of rotatable bonds is 4. The van der Waals surface area contributed by atoms with Crippen molar-refractivity contribution in [1.82, 2.24) is 9.55 Å². The number of fused-ring (bicyclic) bond motifs is 3. The zero-order chi connectivity index (χ0) is 22.9. The second kappa shape index (κ2) is 9.15. The second-order valence-electron chi connectivity index (χ2n) is 9.09. The fraction of sp³-hybridized carbons (Fsp3) is 0.462. The van der Waals surface area contributed by atoms with Crippen LogP contribution in [-0.4, -0.2) is 53.2 Å². The monoisotopic (exact) mass is 449 g/mol. The number of aromatic nitrogens is 2. The maximum Gasteiger partial charge on any atom is 0.414 e. The quantitative estimate of drug-likeness (QED) is 0.645. The summed E-state index contributed by atoms with van der Waals surface area (Å²) >= 11 is 0. The first-order valence-corrected chi connectivity index (χ1v) is 11.8. The van der Waals surface area contributed by atoms with Gasteiger partial charge in [0.25, 0.3) is 0 Å². The molecule has 0 radical (unpaired) electrons. The van der Waals surface area contributed by atoms with Gasteiger partial charge in [-0.3, -0.25) is 4.90 Å². The van der Waals surface area contributed by atoms with Gasteiger partial charge >= 0.3 is 6.09 Å². The van der Waals surface area contributed by atoms with E-state index in [4.69, 9.17) is 14.5 Å². The number of carbonyl (C=O) groups excluding carboxylic acids is 1. The molecule has 7 heteroatoms. The molecule has 0 aliphatic carbocycles. The van der Waals surface area contributed by atoms with Crippen LogP contribution in [0.15, 0.2) is 42.5 Å². The molecule has 0 saturated carbocycles. The summed E-state index contributed by atoms with van der Waals surface area (Å²) in [5, 5.41) is 9.49. The Bertz CT molecular complexity index is 1140. The third-order valence-corrected chi connectivity index (χ3v) is 7.02. The molecule has 1 N–H and O–H groups in total. The van der Waals surface area contributed by atoms with Crippen molar-refractivity contribution < 1.29 is 19.4 Å². The average Bonchev–Trinajstić information content (AvgIpc) is 3.22. The standard InChI is InChI=1S/C26H31N3O4/c1-17-8-11-21-22(28(17)26(31)32-2)12-13-23-25(21)27-24(14-18-6-4-3-5-7-18)29(23)19-9-10-20(15-30)33-16-19/h3-7,12-13,17,19-20,30H,8-11,14-16H2,1-2H3/t17?,19-,20+/m1/s1. The van der Waals surface area contributed by atoms with Gasteiger partial charge in [0.15, 0.2) is 0 Å². The van der Waals surface area contributed by atoms with Crippen LogP contribution in [0.25, 0.3) is 11.0 Å². The lowest BCUT2D eigenvalue weighted by atomic mass is 9.95. The Labute approximate surface area is 193 Å². The van der Waals surface area contributed by atoms with E-state index in [2.05, 4.69) is 41.8 Å². The SMILES string of the molecule is COC(=O)N1c2ccc3c(nc(Cc4ccccc4)n3[C@@H]3CC[C@@H](CO)OC3)c2CCC1C. The van der Waals surface area contributed by atoms with Crippen LogP contribution in [0.5, 0.6) is 0 Å². The minimum absolute atomic E-state index is 0.0589. The smallest absolute Gasteiger partial charge is 0.414 e. The molecule has 2 aliphatic heterocycles. The first-order valence-electron chi connectivity index (χ1n) is 11.8. The van der Waals surface area contributed by atoms with Crippen LogP contribution in [0.2, 0.25) is 0 Å². The molecular formula is C26H31N3O4. The van der Waals surface area contributed by atoms with Crippen LogP contribution in [0, 0.1) is 0 Å². The van der Waals surface area contributed by atoms with E-state index in [0.717, 1.165) is 60.2 Å². The van der Waals surface area contributed by atoms with E-state index in [1.807, 2.05) is 12.1 Å². The zero-order valence-corrected chi connectivity index (χ0v) is 19.2. The highest BCUT2D eigenvalue weighted by Gasteiger charge is 2.33. The predicted molar refractivity (Wildman–Crippen MR) is 127 cm³/mol. The van der Waals surface area contributed by atoms with E-state index in [-0.39, 0.29) is 30.9 Å². The van der Waals surface area contributed by atoms with Gasteiger partial charge in [-0.25, -0.2) is 9.78 Å². The Hall–Kier alpha value is -2.90. The molecule has 5 rings (SSSR count). The molecule has 1 unspecified atom stereocenters. The van der Waals surface area contributed by atoms with Crippen LogP contribution in [0.4, 0.5) is 10.5 Å². The fourth-order valence-electron chi connectivity index (χ4n) is 5.27. The minimum Gasteiger partial charge on any atom is -0.452 e. The van der Waals surface area contributed by atoms with Crippen molar-refractivity contribution in [3.05, 3.63) is 59.4 Å². The molecular weight excluding hydrogens is 418 g/mol. The molecule has 3 heterocycles. The number of aryl methyl sites for hydroxylation is 1. The van der Waals surface area contributed by atoms with Crippen LogP contribution in [-0.2, 0) is 22.3 Å². The number of hydrogen-bond acceptors (Lipinski definition) is 5. The van der Waals surface area contributed by atoms with Crippen molar-refractivity contribution in [3.8, 4) is 0 Å². The Balaban J connectivity index is 1.62. The molecule has 33 heavy (non-hydrogen) atoms. The molecule has 1 saturated heterocycles. The Morgan fingerprint density at radius 3 is 2.70 bits per heavy atom. The van der Waals surface area contributed by atoms with Crippen molar-refractivity contribution >= 4 is 22.8 Å². The van der Waals surface area contributed by atoms with Crippen molar-refractivity contribution in [2.45, 2.75) is 57.2 Å². The first-order chi connectivity index (χ1) is 16.1. The molecule has 7 nitrogen and oxygen atoms in total. The van der Waals surface area contributed by atoms with E-state index in [0.29, 0.717) is 6.61 Å². The molecule has 0 spiro atoms. The van der Waals surface area contributed by atoms with Gasteiger partial charge in [-0.15, -0.1) is 0 Å². The Morgan fingerprint density at radius 1 is 1.18 bits per heavy atom.